The van der Waals surface area contributed by atoms with Gasteiger partial charge in [0.2, 0.25) is 5.91 Å². The summed E-state index contributed by atoms with van der Waals surface area (Å²) in [6.07, 6.45) is 4.41. The topological polar surface area (TPSA) is 141 Å². The third kappa shape index (κ3) is 4.17. The van der Waals surface area contributed by atoms with E-state index in [1.54, 1.807) is 25.1 Å². The smallest absolute Gasteiger partial charge is 0.339 e. The molecule has 0 saturated heterocycles. The number of nitrogen functional groups attached to an aromatic ring is 1. The van der Waals surface area contributed by atoms with Gasteiger partial charge in [0.05, 0.1) is 22.3 Å². The number of nitrogens with two attached hydrogens (primary N) is 2. The number of carboxylic acid groups (broad SMARTS) is 1. The number of aromatic nitrogens is 1. The number of amides is 1. The Bertz CT molecular complexity index is 893. The van der Waals surface area contributed by atoms with Crippen LogP contribution in [-0.2, 0) is 4.79 Å². The molecule has 1 atom stereocenters. The van der Waals surface area contributed by atoms with E-state index in [4.69, 9.17) is 16.2 Å². The average molecular weight is 386 g/mol. The molecule has 8 nitrogen and oxygen atoms in total. The molecule has 150 valence electrons. The molecule has 1 aliphatic rings. The molecule has 0 spiro atoms. The van der Waals surface area contributed by atoms with Gasteiger partial charge in [0, 0.05) is 5.92 Å². The summed E-state index contributed by atoms with van der Waals surface area (Å²) >= 11 is 0. The monoisotopic (exact) mass is 386 g/mol. The van der Waals surface area contributed by atoms with Crippen LogP contribution in [0.4, 0.5) is 5.69 Å². The number of nitrogens with one attached hydrogen (secondary N) is 1. The van der Waals surface area contributed by atoms with Crippen molar-refractivity contribution in [2.45, 2.75) is 45.2 Å². The van der Waals surface area contributed by atoms with Gasteiger partial charge in [0.15, 0.2) is 0 Å². The van der Waals surface area contributed by atoms with Gasteiger partial charge in [-0.2, -0.15) is 0 Å². The summed E-state index contributed by atoms with van der Waals surface area (Å²) in [5.41, 5.74) is 13.1. The lowest BCUT2D eigenvalue weighted by molar-refractivity contribution is -0.126. The first kappa shape index (κ1) is 19.9. The Morgan fingerprint density at radius 2 is 2.04 bits per heavy atom. The molecule has 1 heterocycles. The van der Waals surface area contributed by atoms with E-state index in [0.29, 0.717) is 22.3 Å². The van der Waals surface area contributed by atoms with Crippen molar-refractivity contribution >= 4 is 28.5 Å². The van der Waals surface area contributed by atoms with Crippen LogP contribution < -0.4 is 21.5 Å². The molecule has 3 rings (SSSR count). The summed E-state index contributed by atoms with van der Waals surface area (Å²) in [7, 11) is 0. The predicted octanol–water partition coefficient (Wildman–Crippen LogP) is 2.18. The number of anilines is 1. The maximum Gasteiger partial charge on any atom is 0.339 e. The zero-order valence-corrected chi connectivity index (χ0v) is 15.9. The van der Waals surface area contributed by atoms with Crippen molar-refractivity contribution in [3.63, 3.8) is 0 Å². The molecule has 1 aliphatic carbocycles. The van der Waals surface area contributed by atoms with E-state index in [-0.39, 0.29) is 29.7 Å². The molecule has 28 heavy (non-hydrogen) atoms. The van der Waals surface area contributed by atoms with Crippen molar-refractivity contribution in [1.29, 1.82) is 0 Å². The molecule has 0 bridgehead atoms. The van der Waals surface area contributed by atoms with Crippen LogP contribution in [0.1, 0.15) is 48.2 Å². The highest BCUT2D eigenvalue weighted by atomic mass is 16.5. The lowest BCUT2D eigenvalue weighted by atomic mass is 9.88. The van der Waals surface area contributed by atoms with Gasteiger partial charge in [-0.15, -0.1) is 0 Å². The number of hydrogen-bond acceptors (Lipinski definition) is 6. The fourth-order valence-electron chi connectivity index (χ4n) is 3.72. The van der Waals surface area contributed by atoms with Crippen molar-refractivity contribution in [2.75, 3.05) is 12.3 Å². The van der Waals surface area contributed by atoms with Gasteiger partial charge in [-0.05, 0) is 31.9 Å². The fraction of sp³-hybridized carbons (Fsp3) is 0.450. The fourth-order valence-corrected chi connectivity index (χ4v) is 3.72. The van der Waals surface area contributed by atoms with E-state index in [9.17, 15) is 14.7 Å². The minimum atomic E-state index is -1.14. The Hall–Kier alpha value is -2.87. The number of aromatic carboxylic acids is 1. The first-order valence-electron chi connectivity index (χ1n) is 9.49. The second-order valence-electron chi connectivity index (χ2n) is 7.20. The number of hydrogen-bond donors (Lipinski definition) is 4. The van der Waals surface area contributed by atoms with Crippen LogP contribution in [0.2, 0.25) is 0 Å². The zero-order chi connectivity index (χ0) is 20.3. The zero-order valence-electron chi connectivity index (χ0n) is 15.9. The molecular formula is C20H26N4O4. The van der Waals surface area contributed by atoms with Crippen LogP contribution in [0.5, 0.6) is 5.75 Å². The van der Waals surface area contributed by atoms with Crippen molar-refractivity contribution in [3.8, 4) is 5.75 Å². The van der Waals surface area contributed by atoms with Crippen molar-refractivity contribution < 1.29 is 19.4 Å². The summed E-state index contributed by atoms with van der Waals surface area (Å²) in [5.74, 6) is -0.792. The molecule has 6 N–H and O–H groups in total. The molecule has 8 heteroatoms. The highest BCUT2D eigenvalue weighted by Crippen LogP contribution is 2.33. The van der Waals surface area contributed by atoms with E-state index in [1.165, 1.54) is 6.42 Å². The minimum absolute atomic E-state index is 0.0123. The Balaban J connectivity index is 1.74. The van der Waals surface area contributed by atoms with Crippen LogP contribution >= 0.6 is 0 Å². The Morgan fingerprint density at radius 3 is 2.71 bits per heavy atom. The number of ether oxygens (including phenoxy) is 1. The SMILES string of the molecule is Cc1nc2cccc(OC[C@H](N)NC(=O)C3CCCCC3)c2c(N)c1C(=O)O. The number of carbonyl (C=O) groups excluding carboxylic acids is 1. The molecule has 0 aliphatic heterocycles. The summed E-state index contributed by atoms with van der Waals surface area (Å²) < 4.78 is 5.77. The molecule has 1 fully saturated rings. The highest BCUT2D eigenvalue weighted by molar-refractivity contribution is 6.06. The van der Waals surface area contributed by atoms with Gasteiger partial charge in [0.1, 0.15) is 24.1 Å². The number of aryl methyl sites for hydroxylation is 1. The summed E-state index contributed by atoms with van der Waals surface area (Å²) in [4.78, 5) is 28.1. The van der Waals surface area contributed by atoms with Crippen molar-refractivity contribution in [3.05, 3.63) is 29.5 Å². The summed E-state index contributed by atoms with van der Waals surface area (Å²) in [5, 5.41) is 12.6. The van der Waals surface area contributed by atoms with E-state index in [2.05, 4.69) is 10.3 Å². The second-order valence-corrected chi connectivity index (χ2v) is 7.20. The van der Waals surface area contributed by atoms with Crippen LogP contribution in [-0.4, -0.2) is 34.7 Å². The van der Waals surface area contributed by atoms with Crippen molar-refractivity contribution in [1.82, 2.24) is 10.3 Å². The van der Waals surface area contributed by atoms with Gasteiger partial charge in [0.25, 0.3) is 0 Å². The first-order chi connectivity index (χ1) is 13.4. The number of carbonyl (C=O) groups is 2. The van der Waals surface area contributed by atoms with E-state index >= 15 is 0 Å². The molecule has 0 unspecified atom stereocenters. The third-order valence-corrected chi connectivity index (χ3v) is 5.13. The van der Waals surface area contributed by atoms with Crippen LogP contribution in [0.3, 0.4) is 0 Å². The predicted molar refractivity (Wildman–Crippen MR) is 106 cm³/mol. The van der Waals surface area contributed by atoms with Crippen LogP contribution in [0.25, 0.3) is 10.9 Å². The van der Waals surface area contributed by atoms with E-state index < -0.39 is 12.1 Å². The largest absolute Gasteiger partial charge is 0.489 e. The Labute approximate surface area is 163 Å². The lowest BCUT2D eigenvalue weighted by Crippen LogP contribution is -2.48. The number of nitrogens with zero attached hydrogens (tertiary/aromatic N) is 1. The highest BCUT2D eigenvalue weighted by Gasteiger charge is 2.23. The number of pyridine rings is 1. The maximum atomic E-state index is 12.3. The standard InChI is InChI=1S/C20H26N4O4/c1-11-16(20(26)27)18(22)17-13(23-11)8-5-9-14(17)28-10-15(21)24-19(25)12-6-3-2-4-7-12/h5,8-9,12,15H,2-4,6-7,10,21H2,1H3,(H2,22,23)(H,24,25)(H,26,27)/t15-/m1/s1. The van der Waals surface area contributed by atoms with Gasteiger partial charge < -0.3 is 26.6 Å². The molecule has 1 aromatic heterocycles. The number of rotatable bonds is 6. The van der Waals surface area contributed by atoms with Crippen LogP contribution in [0.15, 0.2) is 18.2 Å². The number of benzene rings is 1. The lowest BCUT2D eigenvalue weighted by Gasteiger charge is -2.23. The van der Waals surface area contributed by atoms with Crippen LogP contribution in [0, 0.1) is 12.8 Å². The summed E-state index contributed by atoms with van der Waals surface area (Å²) in [6, 6.07) is 5.16. The Morgan fingerprint density at radius 1 is 1.32 bits per heavy atom. The van der Waals surface area contributed by atoms with Gasteiger partial charge >= 0.3 is 5.97 Å². The Kier molecular flexibility index (Phi) is 5.99. The number of carboxylic acids is 1. The first-order valence-corrected chi connectivity index (χ1v) is 9.49. The average Bonchev–Trinajstić information content (AvgIpc) is 2.66. The molecule has 1 aromatic carbocycles. The normalized spacial score (nSPS) is 15.9. The summed E-state index contributed by atoms with van der Waals surface area (Å²) in [6.45, 7) is 1.64. The third-order valence-electron chi connectivity index (χ3n) is 5.13. The van der Waals surface area contributed by atoms with Gasteiger partial charge in [-0.25, -0.2) is 4.79 Å². The van der Waals surface area contributed by atoms with E-state index in [0.717, 1.165) is 25.7 Å². The minimum Gasteiger partial charge on any atom is -0.489 e. The molecule has 0 radical (unpaired) electrons. The van der Waals surface area contributed by atoms with Gasteiger partial charge in [-0.3, -0.25) is 9.78 Å². The molecular weight excluding hydrogens is 360 g/mol. The quantitative estimate of drug-likeness (QED) is 0.558. The maximum absolute atomic E-state index is 12.3. The second kappa shape index (κ2) is 8.43. The van der Waals surface area contributed by atoms with Gasteiger partial charge in [-0.1, -0.05) is 25.3 Å². The molecule has 2 aromatic rings. The molecule has 1 saturated carbocycles. The van der Waals surface area contributed by atoms with E-state index in [1.807, 2.05) is 0 Å². The van der Waals surface area contributed by atoms with Crippen molar-refractivity contribution in [2.24, 2.45) is 11.7 Å². The molecule has 1 amide bonds. The number of fused-ring (bicyclic) bond motifs is 1.